The van der Waals surface area contributed by atoms with Crippen LogP contribution in [0.3, 0.4) is 0 Å². The molecule has 0 spiro atoms. The molecular weight excluding hydrogens is 176 g/mol. The fraction of sp³-hybridized carbons (Fsp3) is 0.364. The Morgan fingerprint density at radius 3 is 2.64 bits per heavy atom. The second-order valence-electron chi connectivity index (χ2n) is 3.64. The van der Waals surface area contributed by atoms with Gasteiger partial charge in [0, 0.05) is 12.2 Å². The lowest BCUT2D eigenvalue weighted by Gasteiger charge is -2.11. The predicted octanol–water partition coefficient (Wildman–Crippen LogP) is 1.30. The summed E-state index contributed by atoms with van der Waals surface area (Å²) in [6.07, 6.45) is 0.868. The summed E-state index contributed by atoms with van der Waals surface area (Å²) in [4.78, 5) is 11.3. The molecule has 3 heteroatoms. The van der Waals surface area contributed by atoms with E-state index in [0.29, 0.717) is 0 Å². The lowest BCUT2D eigenvalue weighted by atomic mass is 10.2. The Morgan fingerprint density at radius 1 is 1.36 bits per heavy atom. The van der Waals surface area contributed by atoms with E-state index in [-0.39, 0.29) is 11.9 Å². The Kier molecular flexibility index (Phi) is 2.39. The number of carbonyl (C=O) groups excluding carboxylic acids is 1. The van der Waals surface area contributed by atoms with E-state index in [2.05, 4.69) is 10.6 Å². The fourth-order valence-electron chi connectivity index (χ4n) is 1.58. The second kappa shape index (κ2) is 3.70. The van der Waals surface area contributed by atoms with Crippen molar-refractivity contribution in [1.29, 1.82) is 0 Å². The summed E-state index contributed by atoms with van der Waals surface area (Å²) in [5.41, 5.74) is 2.24. The maximum absolute atomic E-state index is 11.3. The summed E-state index contributed by atoms with van der Waals surface area (Å²) in [6.45, 7) is 2.83. The van der Waals surface area contributed by atoms with Gasteiger partial charge in [0.25, 0.3) is 0 Å². The van der Waals surface area contributed by atoms with Crippen molar-refractivity contribution in [2.45, 2.75) is 19.4 Å². The molecule has 1 atom stereocenters. The largest absolute Gasteiger partial charge is 0.374 e. The highest BCUT2D eigenvalue weighted by atomic mass is 16.2. The molecule has 1 unspecified atom stereocenters. The number of anilines is 1. The fourth-order valence-corrected chi connectivity index (χ4v) is 1.58. The predicted molar refractivity (Wildman–Crippen MR) is 56.2 cm³/mol. The van der Waals surface area contributed by atoms with Crippen molar-refractivity contribution in [3.63, 3.8) is 0 Å². The van der Waals surface area contributed by atoms with Crippen molar-refractivity contribution in [2.24, 2.45) is 0 Å². The third-order valence-electron chi connectivity index (χ3n) is 2.44. The van der Waals surface area contributed by atoms with Crippen molar-refractivity contribution in [2.75, 3.05) is 11.9 Å². The van der Waals surface area contributed by atoms with E-state index in [1.165, 1.54) is 5.56 Å². The number of hydrogen-bond donors (Lipinski definition) is 2. The van der Waals surface area contributed by atoms with E-state index in [9.17, 15) is 4.79 Å². The molecule has 0 aliphatic carbocycles. The average Bonchev–Trinajstić information content (AvgIpc) is 2.56. The summed E-state index contributed by atoms with van der Waals surface area (Å²) in [5.74, 6) is 0.102. The van der Waals surface area contributed by atoms with Gasteiger partial charge in [0.1, 0.15) is 6.04 Å². The van der Waals surface area contributed by atoms with Crippen LogP contribution in [-0.4, -0.2) is 18.5 Å². The van der Waals surface area contributed by atoms with Crippen LogP contribution in [0, 0.1) is 6.92 Å². The number of nitrogens with one attached hydrogen (secondary N) is 2. The van der Waals surface area contributed by atoms with Crippen molar-refractivity contribution >= 4 is 11.6 Å². The van der Waals surface area contributed by atoms with Gasteiger partial charge in [-0.15, -0.1) is 0 Å². The first kappa shape index (κ1) is 9.06. The van der Waals surface area contributed by atoms with E-state index in [1.54, 1.807) is 0 Å². The van der Waals surface area contributed by atoms with Crippen LogP contribution in [0.5, 0.6) is 0 Å². The van der Waals surface area contributed by atoms with E-state index in [4.69, 9.17) is 0 Å². The molecular formula is C11H14N2O. The smallest absolute Gasteiger partial charge is 0.242 e. The van der Waals surface area contributed by atoms with Crippen LogP contribution in [-0.2, 0) is 4.79 Å². The molecule has 0 saturated carbocycles. The van der Waals surface area contributed by atoms with Gasteiger partial charge in [-0.3, -0.25) is 4.79 Å². The lowest BCUT2D eigenvalue weighted by molar-refractivity contribution is -0.119. The molecule has 74 valence electrons. The average molecular weight is 190 g/mol. The highest BCUT2D eigenvalue weighted by Crippen LogP contribution is 2.12. The Labute approximate surface area is 83.5 Å². The highest BCUT2D eigenvalue weighted by molar-refractivity contribution is 5.86. The van der Waals surface area contributed by atoms with Gasteiger partial charge in [0.05, 0.1) is 0 Å². The molecule has 1 aromatic carbocycles. The Morgan fingerprint density at radius 2 is 2.07 bits per heavy atom. The normalized spacial score (nSPS) is 20.6. The van der Waals surface area contributed by atoms with Crippen molar-refractivity contribution in [1.82, 2.24) is 5.32 Å². The van der Waals surface area contributed by atoms with Gasteiger partial charge in [-0.25, -0.2) is 0 Å². The zero-order valence-corrected chi connectivity index (χ0v) is 8.21. The van der Waals surface area contributed by atoms with Crippen LogP contribution in [0.25, 0.3) is 0 Å². The zero-order valence-electron chi connectivity index (χ0n) is 8.21. The number of aryl methyl sites for hydroxylation is 1. The Balaban J connectivity index is 2.03. The number of rotatable bonds is 2. The third-order valence-corrected chi connectivity index (χ3v) is 2.44. The standard InChI is InChI=1S/C11H14N2O/c1-8-2-4-9(5-3-8)13-10-6-7-12-11(10)14/h2-5,10,13H,6-7H2,1H3,(H,12,14). The maximum Gasteiger partial charge on any atom is 0.242 e. The molecule has 1 amide bonds. The molecule has 14 heavy (non-hydrogen) atoms. The first-order valence-corrected chi connectivity index (χ1v) is 4.86. The molecule has 1 saturated heterocycles. The molecule has 1 aromatic rings. The van der Waals surface area contributed by atoms with Crippen LogP contribution < -0.4 is 10.6 Å². The third kappa shape index (κ3) is 1.87. The molecule has 1 fully saturated rings. The molecule has 0 radical (unpaired) electrons. The van der Waals surface area contributed by atoms with Gasteiger partial charge < -0.3 is 10.6 Å². The van der Waals surface area contributed by atoms with E-state index in [0.717, 1.165) is 18.7 Å². The topological polar surface area (TPSA) is 41.1 Å². The van der Waals surface area contributed by atoms with E-state index >= 15 is 0 Å². The molecule has 1 aliphatic rings. The summed E-state index contributed by atoms with van der Waals surface area (Å²) in [6, 6.07) is 8.02. The molecule has 2 N–H and O–H groups in total. The van der Waals surface area contributed by atoms with Crippen molar-refractivity contribution in [3.05, 3.63) is 29.8 Å². The molecule has 2 rings (SSSR count). The number of hydrogen-bond acceptors (Lipinski definition) is 2. The van der Waals surface area contributed by atoms with Gasteiger partial charge in [-0.05, 0) is 25.5 Å². The van der Waals surface area contributed by atoms with Gasteiger partial charge >= 0.3 is 0 Å². The molecule has 0 aromatic heterocycles. The minimum atomic E-state index is -0.0577. The quantitative estimate of drug-likeness (QED) is 0.738. The van der Waals surface area contributed by atoms with Gasteiger partial charge in [0.2, 0.25) is 5.91 Å². The van der Waals surface area contributed by atoms with Crippen molar-refractivity contribution in [3.8, 4) is 0 Å². The molecule has 3 nitrogen and oxygen atoms in total. The van der Waals surface area contributed by atoms with E-state index in [1.807, 2.05) is 31.2 Å². The molecule has 0 bridgehead atoms. The number of amides is 1. The summed E-state index contributed by atoms with van der Waals surface area (Å²) in [7, 11) is 0. The Bertz CT molecular complexity index is 332. The number of benzene rings is 1. The van der Waals surface area contributed by atoms with Crippen LogP contribution in [0.1, 0.15) is 12.0 Å². The minimum absolute atomic E-state index is 0.0577. The van der Waals surface area contributed by atoms with E-state index < -0.39 is 0 Å². The maximum atomic E-state index is 11.3. The van der Waals surface area contributed by atoms with Gasteiger partial charge in [-0.1, -0.05) is 17.7 Å². The molecule has 1 aliphatic heterocycles. The van der Waals surface area contributed by atoms with Crippen LogP contribution in [0.15, 0.2) is 24.3 Å². The molecule has 1 heterocycles. The van der Waals surface area contributed by atoms with Gasteiger partial charge in [-0.2, -0.15) is 0 Å². The second-order valence-corrected chi connectivity index (χ2v) is 3.64. The summed E-state index contributed by atoms with van der Waals surface area (Å²) < 4.78 is 0. The van der Waals surface area contributed by atoms with Gasteiger partial charge in [0.15, 0.2) is 0 Å². The summed E-state index contributed by atoms with van der Waals surface area (Å²) in [5, 5.41) is 6.01. The van der Waals surface area contributed by atoms with Crippen molar-refractivity contribution < 1.29 is 4.79 Å². The highest BCUT2D eigenvalue weighted by Gasteiger charge is 2.23. The van der Waals surface area contributed by atoms with Crippen LogP contribution >= 0.6 is 0 Å². The first-order valence-electron chi connectivity index (χ1n) is 4.86. The minimum Gasteiger partial charge on any atom is -0.374 e. The first-order chi connectivity index (χ1) is 6.75. The zero-order chi connectivity index (χ0) is 9.97. The van der Waals surface area contributed by atoms with Crippen LogP contribution in [0.2, 0.25) is 0 Å². The number of carbonyl (C=O) groups is 1. The van der Waals surface area contributed by atoms with Crippen LogP contribution in [0.4, 0.5) is 5.69 Å². The SMILES string of the molecule is Cc1ccc(NC2CCNC2=O)cc1. The Hall–Kier alpha value is -1.51. The monoisotopic (exact) mass is 190 g/mol. The summed E-state index contributed by atoms with van der Waals surface area (Å²) >= 11 is 0. The lowest BCUT2D eigenvalue weighted by Crippen LogP contribution is -2.29.